The molecule has 0 amide bonds. The first kappa shape index (κ1) is 15.4. The van der Waals surface area contributed by atoms with Crippen molar-refractivity contribution in [3.8, 4) is 0 Å². The van der Waals surface area contributed by atoms with Gasteiger partial charge in [0.15, 0.2) is 11.6 Å². The molecule has 112 valence electrons. The minimum Gasteiger partial charge on any atom is -0.316 e. The van der Waals surface area contributed by atoms with Gasteiger partial charge in [0, 0.05) is 6.04 Å². The van der Waals surface area contributed by atoms with Crippen molar-refractivity contribution in [1.29, 1.82) is 0 Å². The van der Waals surface area contributed by atoms with Gasteiger partial charge in [0.1, 0.15) is 0 Å². The summed E-state index contributed by atoms with van der Waals surface area (Å²) < 4.78 is 27.1. The van der Waals surface area contributed by atoms with Crippen LogP contribution in [0.1, 0.15) is 38.7 Å². The highest BCUT2D eigenvalue weighted by Gasteiger charge is 2.30. The average molecular weight is 281 g/mol. The third-order valence-electron chi connectivity index (χ3n) is 5.05. The Morgan fingerprint density at radius 2 is 1.95 bits per heavy atom. The first-order chi connectivity index (χ1) is 9.52. The van der Waals surface area contributed by atoms with E-state index in [4.69, 9.17) is 0 Å². The third-order valence-corrected chi connectivity index (χ3v) is 5.05. The summed E-state index contributed by atoms with van der Waals surface area (Å²) in [6.45, 7) is 4.60. The second kappa shape index (κ2) is 6.66. The van der Waals surface area contributed by atoms with Gasteiger partial charge in [0.25, 0.3) is 0 Å². The summed E-state index contributed by atoms with van der Waals surface area (Å²) in [5, 5.41) is 3.31. The Hall–Kier alpha value is -0.960. The number of hydrogen-bond acceptors (Lipinski definition) is 1. The molecule has 0 bridgehead atoms. The molecule has 0 aliphatic heterocycles. The molecule has 20 heavy (non-hydrogen) atoms. The van der Waals surface area contributed by atoms with Crippen LogP contribution in [0.2, 0.25) is 0 Å². The minimum absolute atomic E-state index is 0.223. The van der Waals surface area contributed by atoms with E-state index in [1.165, 1.54) is 25.3 Å². The van der Waals surface area contributed by atoms with Crippen molar-refractivity contribution in [3.05, 3.63) is 35.4 Å². The van der Waals surface area contributed by atoms with Crippen molar-refractivity contribution < 1.29 is 8.78 Å². The molecule has 1 saturated carbocycles. The van der Waals surface area contributed by atoms with Gasteiger partial charge in [-0.3, -0.25) is 0 Å². The van der Waals surface area contributed by atoms with E-state index in [0.29, 0.717) is 23.8 Å². The van der Waals surface area contributed by atoms with E-state index in [2.05, 4.69) is 19.2 Å². The lowest BCUT2D eigenvalue weighted by Gasteiger charge is -2.36. The maximum atomic E-state index is 13.8. The summed E-state index contributed by atoms with van der Waals surface area (Å²) in [5.74, 6) is 0.596. The molecule has 0 saturated heterocycles. The van der Waals surface area contributed by atoms with E-state index in [9.17, 15) is 8.78 Å². The Morgan fingerprint density at radius 3 is 2.60 bits per heavy atom. The highest BCUT2D eigenvalue weighted by Crippen LogP contribution is 2.35. The number of benzene rings is 1. The van der Waals surface area contributed by atoms with Crippen LogP contribution in [-0.2, 0) is 6.42 Å². The van der Waals surface area contributed by atoms with E-state index in [-0.39, 0.29) is 6.04 Å². The van der Waals surface area contributed by atoms with Gasteiger partial charge in [-0.1, -0.05) is 32.4 Å². The molecule has 1 aliphatic carbocycles. The zero-order chi connectivity index (χ0) is 14.7. The molecule has 0 heterocycles. The maximum Gasteiger partial charge on any atom is 0.162 e. The summed E-state index contributed by atoms with van der Waals surface area (Å²) in [6, 6.07) is 4.68. The van der Waals surface area contributed by atoms with Gasteiger partial charge in [0.2, 0.25) is 0 Å². The summed E-state index contributed by atoms with van der Waals surface area (Å²) in [7, 11) is 1.92. The topological polar surface area (TPSA) is 12.0 Å². The molecule has 0 spiro atoms. The fourth-order valence-electron chi connectivity index (χ4n) is 3.40. The number of likely N-dealkylation sites (N-methyl/N-ethyl adjacent to an activating group) is 1. The van der Waals surface area contributed by atoms with Crippen LogP contribution in [0, 0.1) is 29.4 Å². The van der Waals surface area contributed by atoms with E-state index in [0.717, 1.165) is 5.92 Å². The van der Waals surface area contributed by atoms with Crippen LogP contribution in [0.15, 0.2) is 18.2 Å². The summed E-state index contributed by atoms with van der Waals surface area (Å²) in [5.41, 5.74) is 0.482. The number of nitrogens with one attached hydrogen (secondary N) is 1. The molecule has 1 N–H and O–H groups in total. The smallest absolute Gasteiger partial charge is 0.162 e. The van der Waals surface area contributed by atoms with Gasteiger partial charge < -0.3 is 5.32 Å². The van der Waals surface area contributed by atoms with Crippen molar-refractivity contribution in [3.63, 3.8) is 0 Å². The first-order valence-electron chi connectivity index (χ1n) is 7.63. The SMILES string of the molecule is CNC(Cc1cccc(F)c1F)C1CCC(C)C(C)C1. The second-order valence-corrected chi connectivity index (χ2v) is 6.34. The van der Waals surface area contributed by atoms with Crippen LogP contribution in [-0.4, -0.2) is 13.1 Å². The number of hydrogen-bond donors (Lipinski definition) is 1. The molecule has 1 nitrogen and oxygen atoms in total. The molecule has 1 aromatic carbocycles. The van der Waals surface area contributed by atoms with Gasteiger partial charge in [-0.2, -0.15) is 0 Å². The van der Waals surface area contributed by atoms with Crippen LogP contribution in [0.5, 0.6) is 0 Å². The lowest BCUT2D eigenvalue weighted by atomic mass is 9.72. The lowest BCUT2D eigenvalue weighted by Crippen LogP contribution is -2.39. The van der Waals surface area contributed by atoms with Crippen LogP contribution in [0.3, 0.4) is 0 Å². The van der Waals surface area contributed by atoms with E-state index < -0.39 is 11.6 Å². The molecule has 3 heteroatoms. The maximum absolute atomic E-state index is 13.8. The highest BCUT2D eigenvalue weighted by atomic mass is 19.2. The highest BCUT2D eigenvalue weighted by molar-refractivity contribution is 5.20. The fraction of sp³-hybridized carbons (Fsp3) is 0.647. The van der Waals surface area contributed by atoms with E-state index >= 15 is 0 Å². The molecule has 4 unspecified atom stereocenters. The predicted octanol–water partition coefficient (Wildman–Crippen LogP) is 4.17. The fourth-order valence-corrected chi connectivity index (χ4v) is 3.40. The minimum atomic E-state index is -0.747. The van der Waals surface area contributed by atoms with Crippen molar-refractivity contribution in [1.82, 2.24) is 5.32 Å². The van der Waals surface area contributed by atoms with Gasteiger partial charge in [0.05, 0.1) is 0 Å². The molecule has 1 fully saturated rings. The zero-order valence-corrected chi connectivity index (χ0v) is 12.6. The van der Waals surface area contributed by atoms with Gasteiger partial charge in [-0.05, 0) is 55.7 Å². The second-order valence-electron chi connectivity index (χ2n) is 6.34. The standard InChI is InChI=1S/C17H25F2N/c1-11-7-8-13(9-12(11)2)16(20-3)10-14-5-4-6-15(18)17(14)19/h4-6,11-13,16,20H,7-10H2,1-3H3. The Morgan fingerprint density at radius 1 is 1.20 bits per heavy atom. The Bertz CT molecular complexity index is 447. The molecular formula is C17H25F2N. The monoisotopic (exact) mass is 281 g/mol. The largest absolute Gasteiger partial charge is 0.316 e. The van der Waals surface area contributed by atoms with Crippen molar-refractivity contribution in [2.75, 3.05) is 7.05 Å². The predicted molar refractivity (Wildman–Crippen MR) is 78.6 cm³/mol. The molecule has 2 rings (SSSR count). The van der Waals surface area contributed by atoms with Gasteiger partial charge in [-0.25, -0.2) is 8.78 Å². The Labute approximate surface area is 120 Å². The third kappa shape index (κ3) is 3.38. The molecule has 4 atom stereocenters. The van der Waals surface area contributed by atoms with Gasteiger partial charge in [-0.15, -0.1) is 0 Å². The summed E-state index contributed by atoms with van der Waals surface area (Å²) in [4.78, 5) is 0. The summed E-state index contributed by atoms with van der Waals surface area (Å²) >= 11 is 0. The average Bonchev–Trinajstić information content (AvgIpc) is 2.44. The van der Waals surface area contributed by atoms with Gasteiger partial charge >= 0.3 is 0 Å². The molecule has 1 aromatic rings. The normalized spacial score (nSPS) is 28.4. The van der Waals surface area contributed by atoms with E-state index in [1.54, 1.807) is 12.1 Å². The molecule has 1 aliphatic rings. The van der Waals surface area contributed by atoms with Crippen molar-refractivity contribution in [2.45, 2.75) is 45.6 Å². The van der Waals surface area contributed by atoms with Crippen LogP contribution >= 0.6 is 0 Å². The zero-order valence-electron chi connectivity index (χ0n) is 12.6. The van der Waals surface area contributed by atoms with Crippen molar-refractivity contribution in [2.24, 2.45) is 17.8 Å². The Kier molecular flexibility index (Phi) is 5.14. The summed E-state index contributed by atoms with van der Waals surface area (Å²) in [6.07, 6.45) is 4.14. The molecular weight excluding hydrogens is 256 g/mol. The molecule has 0 aromatic heterocycles. The quantitative estimate of drug-likeness (QED) is 0.873. The first-order valence-corrected chi connectivity index (χ1v) is 7.63. The van der Waals surface area contributed by atoms with Crippen LogP contribution < -0.4 is 5.32 Å². The van der Waals surface area contributed by atoms with Crippen LogP contribution in [0.4, 0.5) is 8.78 Å². The molecule has 0 radical (unpaired) electrons. The van der Waals surface area contributed by atoms with E-state index in [1.807, 2.05) is 7.05 Å². The lowest BCUT2D eigenvalue weighted by molar-refractivity contribution is 0.173. The Balaban J connectivity index is 2.07. The number of rotatable bonds is 4. The number of halogens is 2. The van der Waals surface area contributed by atoms with Crippen molar-refractivity contribution >= 4 is 0 Å². The van der Waals surface area contributed by atoms with Crippen LogP contribution in [0.25, 0.3) is 0 Å².